The predicted molar refractivity (Wildman–Crippen MR) is 195 cm³/mol. The molecule has 0 aliphatic rings. The summed E-state index contributed by atoms with van der Waals surface area (Å²) in [5, 5.41) is 23.3. The second-order valence-corrected chi connectivity index (χ2v) is 14.8. The van der Waals surface area contributed by atoms with Gasteiger partial charge in [0.1, 0.15) is 6.10 Å². The maximum Gasteiger partial charge on any atom is 0.267 e. The van der Waals surface area contributed by atoms with Crippen molar-refractivity contribution in [1.82, 2.24) is 5.32 Å². The van der Waals surface area contributed by atoms with Crippen LogP contribution < -0.4 is 5.32 Å². The highest BCUT2D eigenvalue weighted by Gasteiger charge is 2.27. The van der Waals surface area contributed by atoms with Crippen LogP contribution in [0.1, 0.15) is 187 Å². The number of aliphatic hydroxyl groups is 2. The zero-order valence-electron chi connectivity index (χ0n) is 29.8. The molecule has 0 aliphatic heterocycles. The van der Waals surface area contributed by atoms with Gasteiger partial charge in [0.15, 0.2) is 0 Å². The summed E-state index contributed by atoms with van der Waals surface area (Å²) in [4.78, 5) is 12.5. The van der Waals surface area contributed by atoms with Gasteiger partial charge in [-0.2, -0.15) is 8.42 Å². The highest BCUT2D eigenvalue weighted by atomic mass is 32.2. The van der Waals surface area contributed by atoms with Crippen LogP contribution in [0.4, 0.5) is 0 Å². The van der Waals surface area contributed by atoms with Crippen molar-refractivity contribution in [3.8, 4) is 0 Å². The fourth-order valence-electron chi connectivity index (χ4n) is 5.77. The summed E-state index contributed by atoms with van der Waals surface area (Å²) in [6.07, 6.45) is 36.6. The third-order valence-electron chi connectivity index (χ3n) is 8.74. The molecule has 1 amide bonds. The second-order valence-electron chi connectivity index (χ2n) is 13.3. The number of hydrogen-bond donors (Lipinski definition) is 4. The number of aliphatic hydroxyl groups excluding tert-OH is 2. The first-order valence-corrected chi connectivity index (χ1v) is 20.8. The summed E-state index contributed by atoms with van der Waals surface area (Å²) >= 11 is 0. The fraction of sp³-hybridized carbons (Fsp3) is 0.868. The number of carbonyl (C=O) groups excluding carboxylic acids is 1. The molecular weight excluding hydrogens is 598 g/mol. The van der Waals surface area contributed by atoms with Crippen LogP contribution >= 0.6 is 0 Å². The molecule has 0 saturated heterocycles. The Kier molecular flexibility index (Phi) is 31.5. The Balaban J connectivity index is 4.13. The molecule has 0 heterocycles. The molecule has 3 atom stereocenters. The number of hydrogen-bond acceptors (Lipinski definition) is 5. The molecule has 0 radical (unpaired) electrons. The van der Waals surface area contributed by atoms with Crippen LogP contribution in [0.25, 0.3) is 0 Å². The molecule has 0 aromatic heterocycles. The highest BCUT2D eigenvalue weighted by molar-refractivity contribution is 7.85. The van der Waals surface area contributed by atoms with Gasteiger partial charge < -0.3 is 15.5 Å². The maximum atomic E-state index is 12.5. The molecule has 3 unspecified atom stereocenters. The molecule has 4 N–H and O–H groups in total. The fourth-order valence-corrected chi connectivity index (χ4v) is 6.50. The summed E-state index contributed by atoms with van der Waals surface area (Å²) in [6, 6.07) is -1.24. The quantitative estimate of drug-likeness (QED) is 0.0307. The first-order chi connectivity index (χ1) is 22.2. The molecule has 7 nitrogen and oxygen atoms in total. The lowest BCUT2D eigenvalue weighted by atomic mass is 10.0. The number of rotatable bonds is 34. The SMILES string of the molecule is CCCCCCCCCCC/C=C/CC/C=C/C(O)C(CS(=O)(=O)O)NC(=O)C(O)CCCCCCCCCCCCCCCC. The van der Waals surface area contributed by atoms with E-state index < -0.39 is 40.0 Å². The van der Waals surface area contributed by atoms with Crippen LogP contribution in [0.3, 0.4) is 0 Å². The average molecular weight is 672 g/mol. The first-order valence-electron chi connectivity index (χ1n) is 19.1. The summed E-state index contributed by atoms with van der Waals surface area (Å²) < 4.78 is 32.4. The molecule has 0 aromatic carbocycles. The Morgan fingerprint density at radius 3 is 1.43 bits per heavy atom. The molecule has 0 aliphatic carbocycles. The van der Waals surface area contributed by atoms with Crippen molar-refractivity contribution >= 4 is 16.0 Å². The third kappa shape index (κ3) is 31.4. The molecular formula is C38H73NO6S. The number of unbranched alkanes of at least 4 members (excludes halogenated alkanes) is 23. The van der Waals surface area contributed by atoms with E-state index in [1.165, 1.54) is 128 Å². The van der Waals surface area contributed by atoms with Crippen LogP contribution in [0, 0.1) is 0 Å². The third-order valence-corrected chi connectivity index (χ3v) is 9.52. The van der Waals surface area contributed by atoms with E-state index in [0.717, 1.165) is 32.1 Å². The van der Waals surface area contributed by atoms with Crippen molar-refractivity contribution in [2.24, 2.45) is 0 Å². The smallest absolute Gasteiger partial charge is 0.267 e. The van der Waals surface area contributed by atoms with Crippen molar-refractivity contribution in [3.05, 3.63) is 24.3 Å². The predicted octanol–water partition coefficient (Wildman–Crippen LogP) is 9.77. The van der Waals surface area contributed by atoms with Gasteiger partial charge in [-0.1, -0.05) is 179 Å². The highest BCUT2D eigenvalue weighted by Crippen LogP contribution is 2.15. The lowest BCUT2D eigenvalue weighted by Crippen LogP contribution is -2.50. The number of carbonyl (C=O) groups is 1. The minimum Gasteiger partial charge on any atom is -0.387 e. The summed E-state index contributed by atoms with van der Waals surface area (Å²) in [7, 11) is -4.44. The Bertz CT molecular complexity index is 844. The molecule has 0 saturated carbocycles. The topological polar surface area (TPSA) is 124 Å². The van der Waals surface area contributed by atoms with Crippen LogP contribution in [0.2, 0.25) is 0 Å². The molecule has 272 valence electrons. The molecule has 0 fully saturated rings. The largest absolute Gasteiger partial charge is 0.387 e. The van der Waals surface area contributed by atoms with Crippen molar-refractivity contribution in [2.45, 2.75) is 205 Å². The minimum atomic E-state index is -4.44. The number of nitrogens with one attached hydrogen (secondary N) is 1. The van der Waals surface area contributed by atoms with Crippen LogP contribution in [-0.4, -0.2) is 53.1 Å². The van der Waals surface area contributed by atoms with Gasteiger partial charge in [-0.05, 0) is 32.1 Å². The van der Waals surface area contributed by atoms with Crippen molar-refractivity contribution in [2.75, 3.05) is 5.75 Å². The zero-order chi connectivity index (χ0) is 34.1. The van der Waals surface area contributed by atoms with E-state index in [2.05, 4.69) is 31.3 Å². The monoisotopic (exact) mass is 672 g/mol. The van der Waals surface area contributed by atoms with Crippen LogP contribution in [0.5, 0.6) is 0 Å². The first kappa shape index (κ1) is 44.8. The van der Waals surface area contributed by atoms with E-state index in [0.29, 0.717) is 12.8 Å². The summed E-state index contributed by atoms with van der Waals surface area (Å²) in [6.45, 7) is 4.49. The van der Waals surface area contributed by atoms with Gasteiger partial charge in [0.05, 0.1) is 17.9 Å². The molecule has 8 heteroatoms. The van der Waals surface area contributed by atoms with Crippen LogP contribution in [-0.2, 0) is 14.9 Å². The zero-order valence-corrected chi connectivity index (χ0v) is 30.6. The molecule has 46 heavy (non-hydrogen) atoms. The summed E-state index contributed by atoms with van der Waals surface area (Å²) in [5.41, 5.74) is 0. The number of amides is 1. The Labute approximate surface area is 284 Å². The van der Waals surface area contributed by atoms with E-state index >= 15 is 0 Å². The number of allylic oxidation sites excluding steroid dienone is 3. The van der Waals surface area contributed by atoms with E-state index in [1.54, 1.807) is 6.08 Å². The molecule has 0 spiro atoms. The van der Waals surface area contributed by atoms with Gasteiger partial charge in [-0.15, -0.1) is 0 Å². The Morgan fingerprint density at radius 2 is 0.978 bits per heavy atom. The van der Waals surface area contributed by atoms with Gasteiger partial charge in [-0.3, -0.25) is 9.35 Å². The van der Waals surface area contributed by atoms with Gasteiger partial charge in [0.25, 0.3) is 10.1 Å². The van der Waals surface area contributed by atoms with Gasteiger partial charge in [0.2, 0.25) is 5.91 Å². The Morgan fingerprint density at radius 1 is 0.587 bits per heavy atom. The normalized spacial score (nSPS) is 14.3. The lowest BCUT2D eigenvalue weighted by Gasteiger charge is -2.22. The molecule has 0 aromatic rings. The van der Waals surface area contributed by atoms with E-state index in [9.17, 15) is 28.0 Å². The average Bonchev–Trinajstić information content (AvgIpc) is 3.01. The lowest BCUT2D eigenvalue weighted by molar-refractivity contribution is -0.130. The van der Waals surface area contributed by atoms with Gasteiger partial charge >= 0.3 is 0 Å². The summed E-state index contributed by atoms with van der Waals surface area (Å²) in [5.74, 6) is -1.55. The van der Waals surface area contributed by atoms with E-state index in [-0.39, 0.29) is 6.42 Å². The van der Waals surface area contributed by atoms with E-state index in [1.807, 2.05) is 0 Å². The molecule has 0 rings (SSSR count). The van der Waals surface area contributed by atoms with Gasteiger partial charge in [-0.25, -0.2) is 0 Å². The van der Waals surface area contributed by atoms with Crippen molar-refractivity contribution in [1.29, 1.82) is 0 Å². The minimum absolute atomic E-state index is 0.278. The van der Waals surface area contributed by atoms with Gasteiger partial charge in [0, 0.05) is 0 Å². The maximum absolute atomic E-state index is 12.5. The second kappa shape index (κ2) is 32.3. The van der Waals surface area contributed by atoms with Crippen molar-refractivity contribution in [3.63, 3.8) is 0 Å². The Hall–Kier alpha value is -1.22. The molecule has 0 bridgehead atoms. The van der Waals surface area contributed by atoms with Crippen LogP contribution in [0.15, 0.2) is 24.3 Å². The van der Waals surface area contributed by atoms with Crippen molar-refractivity contribution < 1.29 is 28.0 Å². The van der Waals surface area contributed by atoms with E-state index in [4.69, 9.17) is 0 Å². The standard InChI is InChI=1S/C38H73NO6S/c1-3-5-7-9-11-13-15-17-19-21-22-24-26-28-30-32-36(40)35(34-46(43,44)45)39-38(42)37(41)33-31-29-27-25-23-20-18-16-14-12-10-8-6-4-2/h22,24,30,32,35-37,40-41H,3-21,23,25-29,31,33-34H2,1-2H3,(H,39,42)(H,43,44,45)/b24-22+,32-30+.